The normalized spacial score (nSPS) is 17.4. The molecule has 9 heteroatoms. The molecule has 37 heavy (non-hydrogen) atoms. The lowest BCUT2D eigenvalue weighted by Crippen LogP contribution is -2.54. The maximum atomic E-state index is 14.7. The third-order valence-electron chi connectivity index (χ3n) is 6.56. The van der Waals surface area contributed by atoms with E-state index in [0.29, 0.717) is 42.0 Å². The molecule has 2 atom stereocenters. The minimum Gasteiger partial charge on any atom is -0.494 e. The van der Waals surface area contributed by atoms with E-state index in [-0.39, 0.29) is 11.7 Å². The van der Waals surface area contributed by atoms with E-state index in [1.54, 1.807) is 18.5 Å². The highest BCUT2D eigenvalue weighted by atomic mass is 19.1. The van der Waals surface area contributed by atoms with Crippen LogP contribution < -0.4 is 25.6 Å². The Morgan fingerprint density at radius 1 is 1.14 bits per heavy atom. The quantitative estimate of drug-likeness (QED) is 0.425. The van der Waals surface area contributed by atoms with E-state index in [1.807, 2.05) is 6.07 Å². The van der Waals surface area contributed by atoms with Gasteiger partial charge in [-0.2, -0.15) is 0 Å². The van der Waals surface area contributed by atoms with Crippen molar-refractivity contribution in [2.75, 3.05) is 37.5 Å². The summed E-state index contributed by atoms with van der Waals surface area (Å²) in [5, 5.41) is 9.40. The van der Waals surface area contributed by atoms with Gasteiger partial charge >= 0.3 is 0 Å². The highest BCUT2D eigenvalue weighted by Crippen LogP contribution is 2.27. The molecule has 4 rings (SSSR count). The SMILES string of the molecule is CNC(=O)c1cc(CCc2cnc(Nc3ccc(N4C[C@@H](C)N[C@@H](C)C4)c(C)c3)nc2)c(F)c(OC)c1. The molecule has 0 spiro atoms. The van der Waals surface area contributed by atoms with E-state index in [9.17, 15) is 9.18 Å². The average molecular weight is 507 g/mol. The molecule has 1 saturated heterocycles. The minimum atomic E-state index is -0.460. The van der Waals surface area contributed by atoms with E-state index in [1.165, 1.54) is 31.5 Å². The number of halogens is 1. The first-order chi connectivity index (χ1) is 17.8. The molecule has 0 radical (unpaired) electrons. The smallest absolute Gasteiger partial charge is 0.251 e. The molecule has 0 saturated carbocycles. The molecule has 0 aliphatic carbocycles. The predicted octanol–water partition coefficient (Wildman–Crippen LogP) is 4.01. The van der Waals surface area contributed by atoms with Crippen LogP contribution in [0.3, 0.4) is 0 Å². The Balaban J connectivity index is 1.40. The Hall–Kier alpha value is -3.72. The van der Waals surface area contributed by atoms with Gasteiger partial charge in [0.2, 0.25) is 5.95 Å². The number of amides is 1. The molecular weight excluding hydrogens is 471 g/mol. The summed E-state index contributed by atoms with van der Waals surface area (Å²) in [6, 6.07) is 10.2. The molecule has 1 fully saturated rings. The molecule has 3 aromatic rings. The molecule has 2 heterocycles. The molecule has 8 nitrogen and oxygen atoms in total. The summed E-state index contributed by atoms with van der Waals surface area (Å²) < 4.78 is 19.9. The van der Waals surface area contributed by atoms with Gasteiger partial charge in [-0.25, -0.2) is 14.4 Å². The van der Waals surface area contributed by atoms with Crippen molar-refractivity contribution in [3.8, 4) is 5.75 Å². The van der Waals surface area contributed by atoms with Crippen molar-refractivity contribution in [3.05, 3.63) is 70.8 Å². The van der Waals surface area contributed by atoms with Crippen LogP contribution in [-0.4, -0.2) is 55.2 Å². The van der Waals surface area contributed by atoms with E-state index in [4.69, 9.17) is 4.74 Å². The van der Waals surface area contributed by atoms with Gasteiger partial charge in [-0.1, -0.05) is 0 Å². The number of hydrogen-bond donors (Lipinski definition) is 3. The highest BCUT2D eigenvalue weighted by Gasteiger charge is 2.22. The van der Waals surface area contributed by atoms with Crippen molar-refractivity contribution in [1.29, 1.82) is 0 Å². The summed E-state index contributed by atoms with van der Waals surface area (Å²) >= 11 is 0. The lowest BCUT2D eigenvalue weighted by molar-refractivity contribution is 0.0962. The van der Waals surface area contributed by atoms with Crippen molar-refractivity contribution in [1.82, 2.24) is 20.6 Å². The van der Waals surface area contributed by atoms with Crippen LogP contribution in [0.2, 0.25) is 0 Å². The zero-order valence-electron chi connectivity index (χ0n) is 22.1. The van der Waals surface area contributed by atoms with E-state index < -0.39 is 5.82 Å². The zero-order valence-corrected chi connectivity index (χ0v) is 22.1. The number of rotatable bonds is 8. The number of aryl methyl sites for hydroxylation is 3. The van der Waals surface area contributed by atoms with Crippen molar-refractivity contribution in [3.63, 3.8) is 0 Å². The van der Waals surface area contributed by atoms with E-state index in [0.717, 1.165) is 24.3 Å². The van der Waals surface area contributed by atoms with Gasteiger partial charge in [0, 0.05) is 61.6 Å². The number of carbonyl (C=O) groups excluding carboxylic acids is 1. The summed E-state index contributed by atoms with van der Waals surface area (Å²) in [7, 11) is 2.92. The molecular formula is C28H35FN6O2. The summed E-state index contributed by atoms with van der Waals surface area (Å²) in [6.07, 6.45) is 4.37. The first-order valence-electron chi connectivity index (χ1n) is 12.6. The Kier molecular flexibility index (Phi) is 8.23. The minimum absolute atomic E-state index is 0.0502. The monoisotopic (exact) mass is 506 g/mol. The number of piperazine rings is 1. The molecule has 1 aliphatic rings. The summed E-state index contributed by atoms with van der Waals surface area (Å²) in [4.78, 5) is 23.3. The molecule has 2 aromatic carbocycles. The van der Waals surface area contributed by atoms with E-state index in [2.05, 4.69) is 63.7 Å². The summed E-state index contributed by atoms with van der Waals surface area (Å²) in [6.45, 7) is 8.51. The number of ether oxygens (including phenoxy) is 1. The summed E-state index contributed by atoms with van der Waals surface area (Å²) in [5.74, 6) is -0.208. The number of anilines is 3. The van der Waals surface area contributed by atoms with Crippen LogP contribution in [0, 0.1) is 12.7 Å². The van der Waals surface area contributed by atoms with E-state index >= 15 is 0 Å². The average Bonchev–Trinajstić information content (AvgIpc) is 2.88. The second kappa shape index (κ2) is 11.6. The number of benzene rings is 2. The Morgan fingerprint density at radius 2 is 1.84 bits per heavy atom. The van der Waals surface area contributed by atoms with Gasteiger partial charge in [0.25, 0.3) is 5.91 Å². The van der Waals surface area contributed by atoms with Gasteiger partial charge in [0.1, 0.15) is 0 Å². The third-order valence-corrected chi connectivity index (χ3v) is 6.56. The van der Waals surface area contributed by atoms with Gasteiger partial charge in [-0.3, -0.25) is 4.79 Å². The number of nitrogens with zero attached hydrogens (tertiary/aromatic N) is 3. The van der Waals surface area contributed by atoms with Crippen LogP contribution in [0.25, 0.3) is 0 Å². The van der Waals surface area contributed by atoms with Gasteiger partial charge in [0.05, 0.1) is 7.11 Å². The molecule has 0 bridgehead atoms. The number of aromatic nitrogens is 2. The lowest BCUT2D eigenvalue weighted by atomic mass is 10.0. The molecule has 1 aliphatic heterocycles. The Bertz CT molecular complexity index is 1240. The first-order valence-corrected chi connectivity index (χ1v) is 12.6. The largest absolute Gasteiger partial charge is 0.494 e. The van der Waals surface area contributed by atoms with Gasteiger partial charge in [-0.15, -0.1) is 0 Å². The maximum absolute atomic E-state index is 14.7. The first kappa shape index (κ1) is 26.3. The molecule has 1 aromatic heterocycles. The topological polar surface area (TPSA) is 91.4 Å². The van der Waals surface area contributed by atoms with Crippen molar-refractivity contribution in [2.45, 2.75) is 45.7 Å². The zero-order chi connectivity index (χ0) is 26.5. The standard InChI is InChI=1S/C28H35FN6O2/c1-17-10-23(8-9-24(17)35-15-18(2)33-19(3)16-35)34-28-31-13-20(14-32-28)6-7-21-11-22(27(36)30-4)12-25(37-5)26(21)29/h8-14,18-19,33H,6-7,15-16H2,1-5H3,(H,30,36)(H,31,32,34)/t18-,19+. The van der Waals surface area contributed by atoms with Gasteiger partial charge in [-0.05, 0) is 80.6 Å². The van der Waals surface area contributed by atoms with Crippen molar-refractivity contribution in [2.24, 2.45) is 0 Å². The molecule has 0 unspecified atom stereocenters. The lowest BCUT2D eigenvalue weighted by Gasteiger charge is -2.38. The van der Waals surface area contributed by atoms with Crippen molar-refractivity contribution >= 4 is 23.2 Å². The fourth-order valence-corrected chi connectivity index (χ4v) is 4.83. The Morgan fingerprint density at radius 3 is 2.46 bits per heavy atom. The Labute approximate surface area is 217 Å². The van der Waals surface area contributed by atoms with Crippen LogP contribution >= 0.6 is 0 Å². The van der Waals surface area contributed by atoms with Crippen LogP contribution in [0.1, 0.15) is 40.9 Å². The predicted molar refractivity (Wildman–Crippen MR) is 145 cm³/mol. The van der Waals surface area contributed by atoms with Crippen LogP contribution in [0.15, 0.2) is 42.7 Å². The van der Waals surface area contributed by atoms with Crippen LogP contribution in [0.4, 0.5) is 21.7 Å². The van der Waals surface area contributed by atoms with Gasteiger partial charge < -0.3 is 25.6 Å². The molecule has 3 N–H and O–H groups in total. The summed E-state index contributed by atoms with van der Waals surface area (Å²) in [5.41, 5.74) is 4.98. The number of nitrogens with one attached hydrogen (secondary N) is 3. The molecule has 1 amide bonds. The number of hydrogen-bond acceptors (Lipinski definition) is 7. The van der Waals surface area contributed by atoms with Gasteiger partial charge in [0.15, 0.2) is 11.6 Å². The second-order valence-corrected chi connectivity index (χ2v) is 9.65. The third kappa shape index (κ3) is 6.35. The van der Waals surface area contributed by atoms with Crippen LogP contribution in [0.5, 0.6) is 5.75 Å². The second-order valence-electron chi connectivity index (χ2n) is 9.65. The molecule has 196 valence electrons. The fraction of sp³-hybridized carbons (Fsp3) is 0.393. The fourth-order valence-electron chi connectivity index (χ4n) is 4.83. The van der Waals surface area contributed by atoms with Crippen LogP contribution in [-0.2, 0) is 12.8 Å². The van der Waals surface area contributed by atoms with Crippen molar-refractivity contribution < 1.29 is 13.9 Å². The maximum Gasteiger partial charge on any atom is 0.251 e. The highest BCUT2D eigenvalue weighted by molar-refractivity contribution is 5.94. The number of methoxy groups -OCH3 is 1. The number of carbonyl (C=O) groups is 1.